The summed E-state index contributed by atoms with van der Waals surface area (Å²) >= 11 is 0. The lowest BCUT2D eigenvalue weighted by Gasteiger charge is -2.34. The molecule has 1 unspecified atom stereocenters. The van der Waals surface area contributed by atoms with Crippen LogP contribution in [0, 0.1) is 0 Å². The predicted molar refractivity (Wildman–Crippen MR) is 55.0 cm³/mol. The van der Waals surface area contributed by atoms with E-state index in [4.69, 9.17) is 5.11 Å². The molecule has 9 nitrogen and oxygen atoms in total. The number of aliphatic carboxylic acids is 2. The van der Waals surface area contributed by atoms with Crippen molar-refractivity contribution < 1.29 is 34.8 Å². The van der Waals surface area contributed by atoms with E-state index in [0.717, 1.165) is 4.90 Å². The number of hydrogen-bond donors (Lipinski definition) is 1. The summed E-state index contributed by atoms with van der Waals surface area (Å²) < 4.78 is 0. The van der Waals surface area contributed by atoms with E-state index < -0.39 is 31.3 Å². The van der Waals surface area contributed by atoms with Crippen molar-refractivity contribution in [2.75, 3.05) is 39.3 Å². The fraction of sp³-hybridized carbons (Fsp3) is 0.700. The molecule has 0 aromatic rings. The lowest BCUT2D eigenvalue weighted by atomic mass is 10.3. The first-order valence-electron chi connectivity index (χ1n) is 5.48. The zero-order valence-corrected chi connectivity index (χ0v) is 10.2. The highest BCUT2D eigenvalue weighted by atomic mass is 16.4. The molecular formula is C10H15N2O7-3. The summed E-state index contributed by atoms with van der Waals surface area (Å²) in [6.45, 7) is -1.63. The summed E-state index contributed by atoms with van der Waals surface area (Å²) in [6, 6.07) is 0. The predicted octanol–water partition coefficient (Wildman–Crippen LogP) is -6.03. The molecule has 0 fully saturated rings. The quantitative estimate of drug-likeness (QED) is 0.287. The van der Waals surface area contributed by atoms with Gasteiger partial charge in [0.25, 0.3) is 0 Å². The van der Waals surface area contributed by atoms with Crippen LogP contribution in [0.5, 0.6) is 0 Å². The van der Waals surface area contributed by atoms with Gasteiger partial charge in [-0.25, -0.2) is 0 Å². The van der Waals surface area contributed by atoms with E-state index in [9.17, 15) is 29.7 Å². The molecule has 0 aromatic carbocycles. The fourth-order valence-electron chi connectivity index (χ4n) is 1.41. The van der Waals surface area contributed by atoms with Gasteiger partial charge in [-0.1, -0.05) is 0 Å². The Morgan fingerprint density at radius 3 is 2.11 bits per heavy atom. The lowest BCUT2D eigenvalue weighted by Crippen LogP contribution is -2.53. The van der Waals surface area contributed by atoms with Gasteiger partial charge in [-0.15, -0.1) is 0 Å². The minimum atomic E-state index is -1.86. The highest BCUT2D eigenvalue weighted by Gasteiger charge is 2.11. The number of aliphatic hydroxyl groups excluding tert-OH is 1. The van der Waals surface area contributed by atoms with Gasteiger partial charge in [-0.05, 0) is 6.23 Å². The van der Waals surface area contributed by atoms with Crippen molar-refractivity contribution in [3.8, 4) is 0 Å². The number of carboxylic acids is 2. The molecule has 1 atom stereocenters. The van der Waals surface area contributed by atoms with Crippen LogP contribution >= 0.6 is 0 Å². The average molecular weight is 275 g/mol. The van der Waals surface area contributed by atoms with Crippen LogP contribution in [0.1, 0.15) is 0 Å². The van der Waals surface area contributed by atoms with E-state index in [0.29, 0.717) is 0 Å². The summed E-state index contributed by atoms with van der Waals surface area (Å²) in [6.07, 6.45) is -1.82. The van der Waals surface area contributed by atoms with Gasteiger partial charge in [0.15, 0.2) is 0 Å². The van der Waals surface area contributed by atoms with Gasteiger partial charge in [0.1, 0.15) is 6.29 Å². The summed E-state index contributed by atoms with van der Waals surface area (Å²) in [5.74, 6) is -2.88. The van der Waals surface area contributed by atoms with Crippen LogP contribution in [-0.4, -0.2) is 78.7 Å². The number of aliphatic hydroxyl groups is 1. The zero-order chi connectivity index (χ0) is 14.8. The van der Waals surface area contributed by atoms with Crippen LogP contribution in [0.25, 0.3) is 0 Å². The van der Waals surface area contributed by atoms with Crippen LogP contribution in [0.4, 0.5) is 0 Å². The highest BCUT2D eigenvalue weighted by molar-refractivity contribution is 5.67. The molecule has 0 bridgehead atoms. The van der Waals surface area contributed by atoms with Gasteiger partial charge in [0.05, 0.1) is 18.5 Å². The maximum Gasteiger partial charge on any atom is 0.120 e. The van der Waals surface area contributed by atoms with Crippen LogP contribution < -0.4 is 15.3 Å². The minimum absolute atomic E-state index is 0.00556. The lowest BCUT2D eigenvalue weighted by molar-refractivity contribution is -0.437. The van der Waals surface area contributed by atoms with Crippen molar-refractivity contribution in [1.82, 2.24) is 9.80 Å². The van der Waals surface area contributed by atoms with Crippen LogP contribution in [-0.2, 0) is 14.4 Å². The number of carbonyl (C=O) groups is 3. The summed E-state index contributed by atoms with van der Waals surface area (Å²) in [7, 11) is 0. The second kappa shape index (κ2) is 9.39. The number of hydrogen-bond acceptors (Lipinski definition) is 9. The summed E-state index contributed by atoms with van der Waals surface area (Å²) in [5, 5.41) is 40.8. The van der Waals surface area contributed by atoms with E-state index in [2.05, 4.69) is 0 Å². The minimum Gasteiger partial charge on any atom is -0.835 e. The molecule has 0 heterocycles. The number of aldehydes is 1. The van der Waals surface area contributed by atoms with Gasteiger partial charge in [-0.3, -0.25) is 4.90 Å². The Hall–Kier alpha value is -1.55. The Morgan fingerprint density at radius 2 is 1.68 bits per heavy atom. The smallest absolute Gasteiger partial charge is 0.120 e. The van der Waals surface area contributed by atoms with Crippen molar-refractivity contribution >= 4 is 18.2 Å². The molecule has 0 saturated carbocycles. The largest absolute Gasteiger partial charge is 0.835 e. The van der Waals surface area contributed by atoms with E-state index in [1.54, 1.807) is 0 Å². The van der Waals surface area contributed by atoms with Crippen LogP contribution in [0.3, 0.4) is 0 Å². The third-order valence-electron chi connectivity index (χ3n) is 2.28. The van der Waals surface area contributed by atoms with Crippen LogP contribution in [0.15, 0.2) is 0 Å². The first-order valence-corrected chi connectivity index (χ1v) is 5.48. The molecule has 0 saturated heterocycles. The first-order chi connectivity index (χ1) is 8.90. The monoisotopic (exact) mass is 275 g/mol. The Kier molecular flexibility index (Phi) is 8.62. The van der Waals surface area contributed by atoms with Crippen molar-refractivity contribution in [1.29, 1.82) is 0 Å². The second-order valence-electron chi connectivity index (χ2n) is 3.74. The van der Waals surface area contributed by atoms with E-state index >= 15 is 0 Å². The van der Waals surface area contributed by atoms with Crippen LogP contribution in [0.2, 0.25) is 0 Å². The highest BCUT2D eigenvalue weighted by Crippen LogP contribution is 1.94. The van der Waals surface area contributed by atoms with Crippen molar-refractivity contribution in [3.63, 3.8) is 0 Å². The van der Waals surface area contributed by atoms with Gasteiger partial charge in [0.2, 0.25) is 0 Å². The molecule has 0 aliphatic rings. The Morgan fingerprint density at radius 1 is 1.11 bits per heavy atom. The molecule has 110 valence electrons. The third kappa shape index (κ3) is 8.21. The van der Waals surface area contributed by atoms with Gasteiger partial charge >= 0.3 is 0 Å². The van der Waals surface area contributed by atoms with Gasteiger partial charge < -0.3 is 39.7 Å². The standard InChI is InChI=1S/C10H17N2O7/c13-4-3-11(5-9(16)17)1-2-12(6-10(18)19)8(15)7-14/h7-8,13H,1-6H2,(H,16,17)(H,18,19)/q-1/p-2. The molecule has 0 aromatic heterocycles. The Balaban J connectivity index is 4.42. The number of carboxylic acid groups (broad SMARTS) is 2. The molecule has 1 N–H and O–H groups in total. The molecule has 19 heavy (non-hydrogen) atoms. The van der Waals surface area contributed by atoms with Crippen molar-refractivity contribution in [2.24, 2.45) is 0 Å². The number of rotatable bonds is 11. The number of carbonyl (C=O) groups excluding carboxylic acids is 3. The molecule has 0 amide bonds. The molecule has 9 heteroatoms. The van der Waals surface area contributed by atoms with E-state index in [1.165, 1.54) is 4.90 Å². The number of nitrogens with zero attached hydrogens (tertiary/aromatic N) is 2. The molecule has 0 spiro atoms. The molecule has 0 radical (unpaired) electrons. The SMILES string of the molecule is O=CC([O-])N(CCN(CCO)CC(=O)[O-])CC(=O)[O-]. The Labute approximate surface area is 109 Å². The fourth-order valence-corrected chi connectivity index (χ4v) is 1.41. The average Bonchev–Trinajstić information content (AvgIpc) is 2.32. The topological polar surface area (TPSA) is 147 Å². The van der Waals surface area contributed by atoms with Crippen molar-refractivity contribution in [2.45, 2.75) is 6.23 Å². The van der Waals surface area contributed by atoms with Gasteiger partial charge in [-0.2, -0.15) is 0 Å². The second-order valence-corrected chi connectivity index (χ2v) is 3.74. The first kappa shape index (κ1) is 17.4. The molecular weight excluding hydrogens is 260 g/mol. The summed E-state index contributed by atoms with van der Waals surface area (Å²) in [4.78, 5) is 33.2. The maximum absolute atomic E-state index is 11.2. The van der Waals surface area contributed by atoms with E-state index in [-0.39, 0.29) is 32.5 Å². The molecule has 0 rings (SSSR count). The zero-order valence-electron chi connectivity index (χ0n) is 10.2. The third-order valence-corrected chi connectivity index (χ3v) is 2.28. The molecule has 0 aliphatic carbocycles. The van der Waals surface area contributed by atoms with Crippen molar-refractivity contribution in [3.05, 3.63) is 0 Å². The van der Waals surface area contributed by atoms with Gasteiger partial charge in [0, 0.05) is 32.7 Å². The maximum atomic E-state index is 11.2. The van der Waals surface area contributed by atoms with E-state index in [1.807, 2.05) is 0 Å². The molecule has 0 aliphatic heterocycles. The summed E-state index contributed by atoms with van der Waals surface area (Å²) in [5.41, 5.74) is 0. The Bertz CT molecular complexity index is 310. The normalized spacial score (nSPS) is 12.6.